The van der Waals surface area contributed by atoms with Gasteiger partial charge in [-0.05, 0) is 29.3 Å². The minimum Gasteiger partial charge on any atom is -0.423 e. The lowest BCUT2D eigenvalue weighted by atomic mass is 10.1. The number of nitro benzene ring substituents is 1. The van der Waals surface area contributed by atoms with Gasteiger partial charge in [0.1, 0.15) is 5.75 Å². The van der Waals surface area contributed by atoms with Crippen LogP contribution in [-0.2, 0) is 11.4 Å². The predicted molar refractivity (Wildman–Crippen MR) is 80.1 cm³/mol. The van der Waals surface area contributed by atoms with Gasteiger partial charge in [0.2, 0.25) is 0 Å². The molecule has 0 saturated heterocycles. The van der Waals surface area contributed by atoms with Crippen LogP contribution < -0.4 is 4.74 Å². The Labute approximate surface area is 126 Å². The van der Waals surface area contributed by atoms with Crippen LogP contribution in [0.4, 0.5) is 5.69 Å². The Morgan fingerprint density at radius 1 is 1.18 bits per heavy atom. The highest BCUT2D eigenvalue weighted by Crippen LogP contribution is 2.17. The second-order valence-corrected chi connectivity index (χ2v) is 4.36. The summed E-state index contributed by atoms with van der Waals surface area (Å²) in [6, 6.07) is 12.3. The van der Waals surface area contributed by atoms with E-state index in [-0.39, 0.29) is 18.0 Å². The number of hydrogen-bond donors (Lipinski definition) is 1. The highest BCUT2D eigenvalue weighted by molar-refractivity contribution is 5.88. The fraction of sp³-hybridized carbons (Fsp3) is 0.0625. The van der Waals surface area contributed by atoms with Crippen molar-refractivity contribution in [3.05, 3.63) is 75.8 Å². The zero-order chi connectivity index (χ0) is 15.9. The Morgan fingerprint density at radius 3 is 2.50 bits per heavy atom. The number of nitrogens with zero attached hydrogens (tertiary/aromatic N) is 1. The number of carbonyl (C=O) groups is 1. The van der Waals surface area contributed by atoms with Crippen LogP contribution >= 0.6 is 0 Å². The summed E-state index contributed by atoms with van der Waals surface area (Å²) in [6.07, 6.45) is 2.77. The molecule has 0 aliphatic rings. The zero-order valence-corrected chi connectivity index (χ0v) is 11.5. The van der Waals surface area contributed by atoms with Crippen LogP contribution in [0.1, 0.15) is 11.1 Å². The summed E-state index contributed by atoms with van der Waals surface area (Å²) in [5.74, 6) is -0.391. The van der Waals surface area contributed by atoms with Crippen molar-refractivity contribution in [3.63, 3.8) is 0 Å². The molecule has 6 nitrogen and oxygen atoms in total. The Morgan fingerprint density at radius 2 is 1.86 bits per heavy atom. The SMILES string of the molecule is O=C(/C=C/c1ccccc1CO)Oc1ccc([N+](=O)[O-])cc1. The van der Waals surface area contributed by atoms with Gasteiger partial charge in [-0.25, -0.2) is 4.79 Å². The number of hydrogen-bond acceptors (Lipinski definition) is 5. The van der Waals surface area contributed by atoms with E-state index in [4.69, 9.17) is 4.74 Å². The van der Waals surface area contributed by atoms with E-state index in [0.29, 0.717) is 11.1 Å². The third kappa shape index (κ3) is 4.00. The molecule has 6 heteroatoms. The first-order chi connectivity index (χ1) is 10.6. The first-order valence-electron chi connectivity index (χ1n) is 6.43. The van der Waals surface area contributed by atoms with Crippen molar-refractivity contribution in [3.8, 4) is 5.75 Å². The molecule has 0 heterocycles. The number of aliphatic hydroxyl groups excluding tert-OH is 1. The lowest BCUT2D eigenvalue weighted by molar-refractivity contribution is -0.384. The van der Waals surface area contributed by atoms with Crippen LogP contribution in [-0.4, -0.2) is 16.0 Å². The third-order valence-electron chi connectivity index (χ3n) is 2.89. The van der Waals surface area contributed by atoms with Crippen LogP contribution in [0.15, 0.2) is 54.6 Å². The second-order valence-electron chi connectivity index (χ2n) is 4.36. The number of non-ortho nitro benzene ring substituents is 1. The molecule has 22 heavy (non-hydrogen) atoms. The molecule has 0 aliphatic carbocycles. The molecule has 1 N–H and O–H groups in total. The lowest BCUT2D eigenvalue weighted by Crippen LogP contribution is -2.03. The van der Waals surface area contributed by atoms with Crippen molar-refractivity contribution in [2.24, 2.45) is 0 Å². The number of carbonyl (C=O) groups excluding carboxylic acids is 1. The number of nitro groups is 1. The smallest absolute Gasteiger partial charge is 0.336 e. The molecular weight excluding hydrogens is 286 g/mol. The van der Waals surface area contributed by atoms with Crippen molar-refractivity contribution in [2.45, 2.75) is 6.61 Å². The van der Waals surface area contributed by atoms with Crippen LogP contribution in [0.2, 0.25) is 0 Å². The zero-order valence-electron chi connectivity index (χ0n) is 11.5. The average molecular weight is 299 g/mol. The number of esters is 1. The van der Waals surface area contributed by atoms with Crippen molar-refractivity contribution in [1.82, 2.24) is 0 Å². The molecule has 0 amide bonds. The van der Waals surface area contributed by atoms with Gasteiger partial charge in [0.25, 0.3) is 5.69 Å². The molecule has 0 saturated carbocycles. The minimum atomic E-state index is -0.610. The standard InChI is InChI=1S/C16H13NO5/c18-11-13-4-2-1-3-12(13)5-10-16(19)22-15-8-6-14(7-9-15)17(20)21/h1-10,18H,11H2/b10-5+. The summed E-state index contributed by atoms with van der Waals surface area (Å²) in [7, 11) is 0. The van der Waals surface area contributed by atoms with E-state index < -0.39 is 10.9 Å². The van der Waals surface area contributed by atoms with Gasteiger partial charge in [-0.3, -0.25) is 10.1 Å². The summed E-state index contributed by atoms with van der Waals surface area (Å²) in [5, 5.41) is 19.7. The van der Waals surface area contributed by atoms with Gasteiger partial charge in [0.05, 0.1) is 11.5 Å². The number of benzene rings is 2. The molecule has 0 spiro atoms. The number of ether oxygens (including phenoxy) is 1. The molecule has 0 aliphatic heterocycles. The van der Waals surface area contributed by atoms with E-state index in [2.05, 4.69) is 0 Å². The van der Waals surface area contributed by atoms with Gasteiger partial charge in [-0.15, -0.1) is 0 Å². The quantitative estimate of drug-likeness (QED) is 0.301. The van der Waals surface area contributed by atoms with Crippen molar-refractivity contribution in [2.75, 3.05) is 0 Å². The summed E-state index contributed by atoms with van der Waals surface area (Å²) >= 11 is 0. The third-order valence-corrected chi connectivity index (χ3v) is 2.89. The van der Waals surface area contributed by atoms with Crippen LogP contribution in [0, 0.1) is 10.1 Å². The van der Waals surface area contributed by atoms with E-state index in [1.54, 1.807) is 30.3 Å². The molecule has 0 aromatic heterocycles. The number of rotatable bonds is 5. The fourth-order valence-electron chi connectivity index (χ4n) is 1.78. The average Bonchev–Trinajstić information content (AvgIpc) is 2.53. The molecule has 2 rings (SSSR count). The van der Waals surface area contributed by atoms with E-state index in [1.165, 1.54) is 30.3 Å². The van der Waals surface area contributed by atoms with Gasteiger partial charge in [0.15, 0.2) is 0 Å². The molecule has 0 atom stereocenters. The molecule has 0 radical (unpaired) electrons. The van der Waals surface area contributed by atoms with Gasteiger partial charge >= 0.3 is 5.97 Å². The number of aliphatic hydroxyl groups is 1. The maximum atomic E-state index is 11.7. The Balaban J connectivity index is 2.03. The highest BCUT2D eigenvalue weighted by atomic mass is 16.6. The Hall–Kier alpha value is -2.99. The summed E-state index contributed by atoms with van der Waals surface area (Å²) in [6.45, 7) is -0.127. The monoisotopic (exact) mass is 299 g/mol. The van der Waals surface area contributed by atoms with Crippen molar-refractivity contribution >= 4 is 17.7 Å². The van der Waals surface area contributed by atoms with E-state index in [9.17, 15) is 20.0 Å². The Kier molecular flexibility index (Phi) is 5.00. The molecule has 112 valence electrons. The van der Waals surface area contributed by atoms with Crippen LogP contribution in [0.5, 0.6) is 5.75 Å². The molecule has 2 aromatic carbocycles. The first kappa shape index (κ1) is 15.4. The van der Waals surface area contributed by atoms with E-state index >= 15 is 0 Å². The van der Waals surface area contributed by atoms with Crippen LogP contribution in [0.3, 0.4) is 0 Å². The largest absolute Gasteiger partial charge is 0.423 e. The highest BCUT2D eigenvalue weighted by Gasteiger charge is 2.06. The van der Waals surface area contributed by atoms with Crippen LogP contribution in [0.25, 0.3) is 6.08 Å². The maximum Gasteiger partial charge on any atom is 0.336 e. The maximum absolute atomic E-state index is 11.7. The molecule has 0 fully saturated rings. The fourth-order valence-corrected chi connectivity index (χ4v) is 1.78. The van der Waals surface area contributed by atoms with Gasteiger partial charge in [-0.2, -0.15) is 0 Å². The topological polar surface area (TPSA) is 89.7 Å². The molecule has 0 bridgehead atoms. The van der Waals surface area contributed by atoms with Gasteiger partial charge in [-0.1, -0.05) is 24.3 Å². The normalized spacial score (nSPS) is 10.6. The molecular formula is C16H13NO5. The Bertz CT molecular complexity index is 707. The van der Waals surface area contributed by atoms with E-state index in [1.807, 2.05) is 0 Å². The van der Waals surface area contributed by atoms with Gasteiger partial charge < -0.3 is 9.84 Å². The summed E-state index contributed by atoms with van der Waals surface area (Å²) in [4.78, 5) is 21.7. The predicted octanol–water partition coefficient (Wildman–Crippen LogP) is 2.71. The minimum absolute atomic E-state index is 0.0767. The molecule has 0 unspecified atom stereocenters. The van der Waals surface area contributed by atoms with E-state index in [0.717, 1.165) is 0 Å². The summed E-state index contributed by atoms with van der Waals surface area (Å²) < 4.78 is 5.03. The van der Waals surface area contributed by atoms with Crippen molar-refractivity contribution in [1.29, 1.82) is 0 Å². The summed E-state index contributed by atoms with van der Waals surface area (Å²) in [5.41, 5.74) is 1.33. The first-order valence-corrected chi connectivity index (χ1v) is 6.43. The van der Waals surface area contributed by atoms with Crippen molar-refractivity contribution < 1.29 is 19.6 Å². The lowest BCUT2D eigenvalue weighted by Gasteiger charge is -2.02. The molecule has 2 aromatic rings. The second kappa shape index (κ2) is 7.14. The van der Waals surface area contributed by atoms with Gasteiger partial charge in [0, 0.05) is 18.2 Å².